The lowest BCUT2D eigenvalue weighted by Crippen LogP contribution is -2.20. The van der Waals surface area contributed by atoms with Crippen LogP contribution < -0.4 is 11.1 Å². The van der Waals surface area contributed by atoms with Crippen molar-refractivity contribution in [3.05, 3.63) is 51.9 Å². The molecule has 2 rings (SSSR count). The Kier molecular flexibility index (Phi) is 4.01. The van der Waals surface area contributed by atoms with Gasteiger partial charge in [0.05, 0.1) is 21.8 Å². The Morgan fingerprint density at radius 1 is 1.17 bits per heavy atom. The molecule has 4 nitrogen and oxygen atoms in total. The highest BCUT2D eigenvalue weighted by Gasteiger charge is 2.17. The molecule has 0 aliphatic carbocycles. The Labute approximate surface area is 115 Å². The van der Waals surface area contributed by atoms with Gasteiger partial charge in [-0.25, -0.2) is 4.98 Å². The summed E-state index contributed by atoms with van der Waals surface area (Å²) in [6.45, 7) is 0. The summed E-state index contributed by atoms with van der Waals surface area (Å²) in [4.78, 5) is 8.32. The van der Waals surface area contributed by atoms with Gasteiger partial charge < -0.3 is 11.1 Å². The number of aromatic nitrogens is 2. The van der Waals surface area contributed by atoms with Crippen molar-refractivity contribution in [1.29, 1.82) is 0 Å². The first-order valence-electron chi connectivity index (χ1n) is 5.31. The molecule has 0 saturated heterocycles. The lowest BCUT2D eigenvalue weighted by atomic mass is 10.0. The summed E-state index contributed by atoms with van der Waals surface area (Å²) in [6, 6.07) is 5.22. The number of rotatable bonds is 3. The fraction of sp³-hybridized carbons (Fsp3) is 0.167. The van der Waals surface area contributed by atoms with Crippen molar-refractivity contribution < 1.29 is 0 Å². The molecule has 0 aliphatic rings. The third-order valence-corrected chi connectivity index (χ3v) is 2.99. The lowest BCUT2D eigenvalue weighted by Gasteiger charge is -2.17. The second-order valence-corrected chi connectivity index (χ2v) is 4.62. The van der Waals surface area contributed by atoms with Crippen molar-refractivity contribution in [2.75, 3.05) is 12.8 Å². The van der Waals surface area contributed by atoms with Crippen LogP contribution in [0.4, 0.5) is 5.82 Å². The average Bonchev–Trinajstić information content (AvgIpc) is 2.37. The van der Waals surface area contributed by atoms with E-state index in [0.717, 1.165) is 11.3 Å². The van der Waals surface area contributed by atoms with Crippen LogP contribution in [0.15, 0.2) is 30.6 Å². The number of hydrogen-bond acceptors (Lipinski definition) is 4. The number of anilines is 1. The van der Waals surface area contributed by atoms with E-state index in [2.05, 4.69) is 15.3 Å². The van der Waals surface area contributed by atoms with Crippen LogP contribution in [0, 0.1) is 0 Å². The fourth-order valence-corrected chi connectivity index (χ4v) is 2.00. The van der Waals surface area contributed by atoms with Crippen molar-refractivity contribution in [2.24, 2.45) is 0 Å². The first kappa shape index (κ1) is 13.1. The van der Waals surface area contributed by atoms with Gasteiger partial charge in [0.15, 0.2) is 0 Å². The van der Waals surface area contributed by atoms with Gasteiger partial charge in [-0.3, -0.25) is 4.98 Å². The highest BCUT2D eigenvalue weighted by atomic mass is 35.5. The van der Waals surface area contributed by atoms with Crippen LogP contribution in [-0.2, 0) is 0 Å². The molecule has 94 valence electrons. The van der Waals surface area contributed by atoms with Crippen LogP contribution in [-0.4, -0.2) is 17.0 Å². The fourth-order valence-electron chi connectivity index (χ4n) is 1.72. The van der Waals surface area contributed by atoms with Crippen LogP contribution in [0.1, 0.15) is 17.3 Å². The molecular formula is C12H12Cl2N4. The molecule has 2 aromatic heterocycles. The summed E-state index contributed by atoms with van der Waals surface area (Å²) >= 11 is 11.8. The smallest absolute Gasteiger partial charge is 0.128 e. The Morgan fingerprint density at radius 2 is 1.89 bits per heavy atom. The van der Waals surface area contributed by atoms with Gasteiger partial charge in [-0.1, -0.05) is 23.2 Å². The number of nitrogens with zero attached hydrogens (tertiary/aromatic N) is 2. The largest absolute Gasteiger partial charge is 0.383 e. The minimum absolute atomic E-state index is 0.173. The van der Waals surface area contributed by atoms with E-state index in [1.807, 2.05) is 13.1 Å². The molecule has 0 bridgehead atoms. The summed E-state index contributed by atoms with van der Waals surface area (Å²) in [5.74, 6) is 0.426. The molecule has 0 spiro atoms. The minimum atomic E-state index is -0.173. The summed E-state index contributed by atoms with van der Waals surface area (Å²) < 4.78 is 0. The van der Waals surface area contributed by atoms with E-state index < -0.39 is 0 Å². The van der Waals surface area contributed by atoms with Gasteiger partial charge in [0.2, 0.25) is 0 Å². The molecule has 18 heavy (non-hydrogen) atoms. The van der Waals surface area contributed by atoms with Crippen LogP contribution in [0.25, 0.3) is 0 Å². The Balaban J connectivity index is 2.44. The predicted octanol–water partition coefficient (Wildman–Crippen LogP) is 2.67. The zero-order chi connectivity index (χ0) is 13.1. The molecule has 0 fully saturated rings. The number of halogens is 2. The molecule has 1 atom stereocenters. The monoisotopic (exact) mass is 282 g/mol. The van der Waals surface area contributed by atoms with Gasteiger partial charge in [0.25, 0.3) is 0 Å². The van der Waals surface area contributed by atoms with Crippen molar-refractivity contribution in [3.63, 3.8) is 0 Å². The van der Waals surface area contributed by atoms with Crippen molar-refractivity contribution in [3.8, 4) is 0 Å². The molecule has 0 saturated carbocycles. The molecule has 2 heterocycles. The standard InChI is InChI=1S/C12H12Cl2N4/c1-16-11(10-3-2-7(13)5-17-10)9-4-8(14)6-18-12(9)15/h2-6,11,16H,1H3,(H2,15,18). The zero-order valence-corrected chi connectivity index (χ0v) is 11.2. The Hall–Kier alpha value is -1.36. The second-order valence-electron chi connectivity index (χ2n) is 3.75. The van der Waals surface area contributed by atoms with Gasteiger partial charge in [-0.05, 0) is 25.2 Å². The number of nitrogen functional groups attached to an aromatic ring is 1. The molecular weight excluding hydrogens is 271 g/mol. The molecule has 0 amide bonds. The number of hydrogen-bond donors (Lipinski definition) is 2. The highest BCUT2D eigenvalue weighted by Crippen LogP contribution is 2.26. The summed E-state index contributed by atoms with van der Waals surface area (Å²) in [6.07, 6.45) is 3.11. The van der Waals surface area contributed by atoms with Crippen molar-refractivity contribution >= 4 is 29.0 Å². The molecule has 0 aliphatic heterocycles. The Morgan fingerprint density at radius 3 is 2.50 bits per heavy atom. The maximum Gasteiger partial charge on any atom is 0.128 e. The van der Waals surface area contributed by atoms with Gasteiger partial charge >= 0.3 is 0 Å². The van der Waals surface area contributed by atoms with E-state index in [0.29, 0.717) is 15.9 Å². The van der Waals surface area contributed by atoms with E-state index in [1.165, 1.54) is 6.20 Å². The Bertz CT molecular complexity index is 542. The number of nitrogens with one attached hydrogen (secondary N) is 1. The molecule has 0 aromatic carbocycles. The minimum Gasteiger partial charge on any atom is -0.383 e. The number of nitrogens with two attached hydrogens (primary N) is 1. The maximum absolute atomic E-state index is 5.94. The quantitative estimate of drug-likeness (QED) is 0.909. The van der Waals surface area contributed by atoms with Gasteiger partial charge in [0.1, 0.15) is 5.82 Å². The van der Waals surface area contributed by atoms with Crippen LogP contribution in [0.5, 0.6) is 0 Å². The van der Waals surface area contributed by atoms with Crippen molar-refractivity contribution in [1.82, 2.24) is 15.3 Å². The molecule has 3 N–H and O–H groups in total. The molecule has 2 aromatic rings. The van der Waals surface area contributed by atoms with Crippen molar-refractivity contribution in [2.45, 2.75) is 6.04 Å². The lowest BCUT2D eigenvalue weighted by molar-refractivity contribution is 0.671. The van der Waals surface area contributed by atoms with E-state index in [4.69, 9.17) is 28.9 Å². The number of pyridine rings is 2. The molecule has 6 heteroatoms. The van der Waals surface area contributed by atoms with E-state index in [-0.39, 0.29) is 6.04 Å². The second kappa shape index (κ2) is 5.52. The first-order valence-corrected chi connectivity index (χ1v) is 6.07. The average molecular weight is 283 g/mol. The molecule has 1 unspecified atom stereocenters. The van der Waals surface area contributed by atoms with Crippen LogP contribution in [0.2, 0.25) is 10.0 Å². The maximum atomic E-state index is 5.94. The predicted molar refractivity (Wildman–Crippen MR) is 73.8 cm³/mol. The highest BCUT2D eigenvalue weighted by molar-refractivity contribution is 6.30. The third-order valence-electron chi connectivity index (χ3n) is 2.56. The van der Waals surface area contributed by atoms with E-state index in [9.17, 15) is 0 Å². The van der Waals surface area contributed by atoms with Gasteiger partial charge in [-0.15, -0.1) is 0 Å². The van der Waals surface area contributed by atoms with Gasteiger partial charge in [0, 0.05) is 18.0 Å². The van der Waals surface area contributed by atoms with E-state index in [1.54, 1.807) is 18.3 Å². The van der Waals surface area contributed by atoms with Crippen LogP contribution >= 0.6 is 23.2 Å². The first-order chi connectivity index (χ1) is 8.61. The van der Waals surface area contributed by atoms with Gasteiger partial charge in [-0.2, -0.15) is 0 Å². The zero-order valence-electron chi connectivity index (χ0n) is 9.69. The summed E-state index contributed by atoms with van der Waals surface area (Å²) in [5.41, 5.74) is 7.46. The summed E-state index contributed by atoms with van der Waals surface area (Å²) in [7, 11) is 1.82. The van der Waals surface area contributed by atoms with E-state index >= 15 is 0 Å². The topological polar surface area (TPSA) is 63.8 Å². The SMILES string of the molecule is CNC(c1ccc(Cl)cn1)c1cc(Cl)cnc1N. The van der Waals surface area contributed by atoms with Crippen LogP contribution in [0.3, 0.4) is 0 Å². The molecule has 0 radical (unpaired) electrons. The normalized spacial score (nSPS) is 12.4. The summed E-state index contributed by atoms with van der Waals surface area (Å²) in [5, 5.41) is 4.26. The third kappa shape index (κ3) is 2.72.